The highest BCUT2D eigenvalue weighted by Gasteiger charge is 2.43. The van der Waals surface area contributed by atoms with Crippen molar-refractivity contribution in [1.29, 1.82) is 0 Å². The molecule has 1 N–H and O–H groups in total. The first kappa shape index (κ1) is 19.5. The summed E-state index contributed by atoms with van der Waals surface area (Å²) in [4.78, 5) is 16.3. The van der Waals surface area contributed by atoms with Gasteiger partial charge < -0.3 is 10.1 Å². The Bertz CT molecular complexity index is 1130. The van der Waals surface area contributed by atoms with E-state index in [9.17, 15) is 9.18 Å². The molecule has 156 valence electrons. The summed E-state index contributed by atoms with van der Waals surface area (Å²) >= 11 is 6.53. The minimum absolute atomic E-state index is 0.0313. The van der Waals surface area contributed by atoms with Crippen LogP contribution in [-0.2, 0) is 9.53 Å². The molecule has 3 aromatic rings. The van der Waals surface area contributed by atoms with Crippen LogP contribution < -0.4 is 5.32 Å². The Morgan fingerprint density at radius 2 is 2.13 bits per heavy atom. The maximum atomic E-state index is 13.1. The van der Waals surface area contributed by atoms with E-state index in [0.29, 0.717) is 10.8 Å². The molecule has 1 aromatic carbocycles. The standard InChI is InChI=1S/C22H22ClFN4O2/c1-12-16(11-26-28(12)21-4-2-3-5-30-21)13-6-14-8-20(25-10-17(14)18(23)7-13)27-22(29)15-9-19(15)24/h6-8,10-11,15,19,21H,2-5,9H2,1H3,(H,25,27,29)/t15-,19+,21-/m1/s1. The van der Waals surface area contributed by atoms with Gasteiger partial charge in [0.2, 0.25) is 5.91 Å². The Balaban J connectivity index is 1.47. The Hall–Kier alpha value is -2.51. The van der Waals surface area contributed by atoms with Gasteiger partial charge in [0.1, 0.15) is 18.2 Å². The van der Waals surface area contributed by atoms with Gasteiger partial charge in [-0.1, -0.05) is 11.6 Å². The number of fused-ring (bicyclic) bond motifs is 1. The second kappa shape index (κ2) is 7.63. The van der Waals surface area contributed by atoms with Crippen molar-refractivity contribution < 1.29 is 13.9 Å². The van der Waals surface area contributed by atoms with Crippen molar-refractivity contribution in [2.75, 3.05) is 11.9 Å². The normalized spacial score (nSPS) is 23.5. The lowest BCUT2D eigenvalue weighted by Crippen LogP contribution is -2.20. The van der Waals surface area contributed by atoms with Crippen LogP contribution in [0.25, 0.3) is 21.9 Å². The summed E-state index contributed by atoms with van der Waals surface area (Å²) in [6.07, 6.45) is 5.84. The maximum Gasteiger partial charge on any atom is 0.231 e. The molecule has 30 heavy (non-hydrogen) atoms. The Kier molecular flexibility index (Phi) is 4.95. The Morgan fingerprint density at radius 3 is 2.87 bits per heavy atom. The molecule has 1 saturated heterocycles. The van der Waals surface area contributed by atoms with Crippen molar-refractivity contribution in [3.05, 3.63) is 41.3 Å². The summed E-state index contributed by atoms with van der Waals surface area (Å²) in [6.45, 7) is 2.78. The zero-order chi connectivity index (χ0) is 20.8. The number of carbonyl (C=O) groups is 1. The fourth-order valence-electron chi connectivity index (χ4n) is 4.01. The minimum atomic E-state index is -1.04. The van der Waals surface area contributed by atoms with Crippen LogP contribution in [0, 0.1) is 12.8 Å². The van der Waals surface area contributed by atoms with E-state index < -0.39 is 12.1 Å². The highest BCUT2D eigenvalue weighted by molar-refractivity contribution is 6.36. The zero-order valence-electron chi connectivity index (χ0n) is 16.6. The number of anilines is 1. The number of amides is 1. The molecular formula is C22H22ClFN4O2. The first-order valence-corrected chi connectivity index (χ1v) is 10.6. The zero-order valence-corrected chi connectivity index (χ0v) is 17.3. The third kappa shape index (κ3) is 3.56. The topological polar surface area (TPSA) is 69.0 Å². The molecule has 5 rings (SSSR count). The predicted octanol–water partition coefficient (Wildman–Crippen LogP) is 5.06. The third-order valence-electron chi connectivity index (χ3n) is 5.87. The van der Waals surface area contributed by atoms with Crippen molar-refractivity contribution in [3.8, 4) is 11.1 Å². The molecule has 6 nitrogen and oxygen atoms in total. The average Bonchev–Trinajstić information content (AvgIpc) is 3.35. The summed E-state index contributed by atoms with van der Waals surface area (Å²) in [5.74, 6) is -0.503. The van der Waals surface area contributed by atoms with Gasteiger partial charge in [0.05, 0.1) is 17.1 Å². The Morgan fingerprint density at radius 1 is 1.30 bits per heavy atom. The largest absolute Gasteiger partial charge is 0.357 e. The number of rotatable bonds is 4. The maximum absolute atomic E-state index is 13.1. The molecule has 0 unspecified atom stereocenters. The third-order valence-corrected chi connectivity index (χ3v) is 6.18. The molecule has 2 aliphatic rings. The molecule has 3 heterocycles. The van der Waals surface area contributed by atoms with Crippen LogP contribution in [-0.4, -0.2) is 33.5 Å². The monoisotopic (exact) mass is 428 g/mol. The summed E-state index contributed by atoms with van der Waals surface area (Å²) in [6, 6.07) is 5.67. The molecule has 8 heteroatoms. The summed E-state index contributed by atoms with van der Waals surface area (Å²) in [5.41, 5.74) is 2.93. The molecular weight excluding hydrogens is 407 g/mol. The first-order valence-electron chi connectivity index (χ1n) is 10.2. The number of benzene rings is 1. The number of hydrogen-bond acceptors (Lipinski definition) is 4. The number of halogens is 2. The lowest BCUT2D eigenvalue weighted by atomic mass is 10.0. The van der Waals surface area contributed by atoms with E-state index in [4.69, 9.17) is 16.3 Å². The van der Waals surface area contributed by atoms with Crippen LogP contribution in [0.3, 0.4) is 0 Å². The van der Waals surface area contributed by atoms with E-state index >= 15 is 0 Å². The van der Waals surface area contributed by atoms with E-state index in [1.807, 2.05) is 29.9 Å². The van der Waals surface area contributed by atoms with Crippen LogP contribution >= 0.6 is 11.6 Å². The smallest absolute Gasteiger partial charge is 0.231 e. The van der Waals surface area contributed by atoms with Crippen molar-refractivity contribution >= 4 is 34.1 Å². The lowest BCUT2D eigenvalue weighted by molar-refractivity contribution is -0.117. The number of nitrogens with zero attached hydrogens (tertiary/aromatic N) is 3. The summed E-state index contributed by atoms with van der Waals surface area (Å²) in [5, 5.41) is 9.46. The summed E-state index contributed by atoms with van der Waals surface area (Å²) in [7, 11) is 0. The van der Waals surface area contributed by atoms with Gasteiger partial charge in [0.15, 0.2) is 0 Å². The van der Waals surface area contributed by atoms with Gasteiger partial charge in [-0.3, -0.25) is 4.79 Å². The molecule has 1 saturated carbocycles. The number of nitrogens with one attached hydrogen (secondary N) is 1. The van der Waals surface area contributed by atoms with Crippen LogP contribution in [0.15, 0.2) is 30.6 Å². The Labute approximate surface area is 178 Å². The molecule has 0 spiro atoms. The van der Waals surface area contributed by atoms with E-state index in [-0.39, 0.29) is 18.6 Å². The first-order chi connectivity index (χ1) is 14.5. The number of alkyl halides is 1. The van der Waals surface area contributed by atoms with Crippen molar-refractivity contribution in [2.45, 2.75) is 45.0 Å². The van der Waals surface area contributed by atoms with E-state index in [0.717, 1.165) is 53.5 Å². The number of hydrogen-bond donors (Lipinski definition) is 1. The molecule has 3 atom stereocenters. The molecule has 2 fully saturated rings. The number of pyridine rings is 1. The van der Waals surface area contributed by atoms with Crippen LogP contribution in [0.1, 0.15) is 37.6 Å². The highest BCUT2D eigenvalue weighted by Crippen LogP contribution is 2.36. The number of carbonyl (C=O) groups excluding carboxylic acids is 1. The number of aromatic nitrogens is 3. The fourth-order valence-corrected chi connectivity index (χ4v) is 4.28. The van der Waals surface area contributed by atoms with Gasteiger partial charge in [-0.05, 0) is 61.8 Å². The van der Waals surface area contributed by atoms with Gasteiger partial charge in [-0.15, -0.1) is 0 Å². The van der Waals surface area contributed by atoms with Crippen LogP contribution in [0.5, 0.6) is 0 Å². The average molecular weight is 429 g/mol. The van der Waals surface area contributed by atoms with Gasteiger partial charge in [-0.25, -0.2) is 14.1 Å². The molecule has 1 amide bonds. The molecule has 1 aliphatic carbocycles. The number of ether oxygens (including phenoxy) is 1. The van der Waals surface area contributed by atoms with E-state index in [1.54, 1.807) is 12.3 Å². The predicted molar refractivity (Wildman–Crippen MR) is 113 cm³/mol. The molecule has 0 radical (unpaired) electrons. The molecule has 1 aliphatic heterocycles. The van der Waals surface area contributed by atoms with Crippen LogP contribution in [0.2, 0.25) is 5.02 Å². The fraction of sp³-hybridized carbons (Fsp3) is 0.409. The molecule has 0 bridgehead atoms. The molecule has 2 aromatic heterocycles. The minimum Gasteiger partial charge on any atom is -0.357 e. The van der Waals surface area contributed by atoms with Gasteiger partial charge in [0, 0.05) is 29.4 Å². The highest BCUT2D eigenvalue weighted by atomic mass is 35.5. The second-order valence-corrected chi connectivity index (χ2v) is 8.41. The lowest BCUT2D eigenvalue weighted by Gasteiger charge is -2.24. The summed E-state index contributed by atoms with van der Waals surface area (Å²) < 4.78 is 20.9. The van der Waals surface area contributed by atoms with Crippen molar-refractivity contribution in [3.63, 3.8) is 0 Å². The van der Waals surface area contributed by atoms with Crippen molar-refractivity contribution in [1.82, 2.24) is 14.8 Å². The van der Waals surface area contributed by atoms with Crippen LogP contribution in [0.4, 0.5) is 10.2 Å². The van der Waals surface area contributed by atoms with E-state index in [2.05, 4.69) is 15.4 Å². The van der Waals surface area contributed by atoms with Gasteiger partial charge in [0.25, 0.3) is 0 Å². The van der Waals surface area contributed by atoms with Gasteiger partial charge in [-0.2, -0.15) is 5.10 Å². The van der Waals surface area contributed by atoms with E-state index in [1.165, 1.54) is 0 Å². The van der Waals surface area contributed by atoms with Crippen molar-refractivity contribution in [2.24, 2.45) is 5.92 Å². The van der Waals surface area contributed by atoms with Gasteiger partial charge >= 0.3 is 0 Å². The SMILES string of the molecule is Cc1c(-c2cc(Cl)c3cnc(NC(=O)[C@@H]4C[C@@H]4F)cc3c2)cnn1[C@H]1CCCCO1. The quantitative estimate of drug-likeness (QED) is 0.630. The second-order valence-electron chi connectivity index (χ2n) is 8.01.